The number of ether oxygens (including phenoxy) is 2. The maximum Gasteiger partial charge on any atom is 0.152 e. The van der Waals surface area contributed by atoms with E-state index in [0.717, 1.165) is 30.2 Å². The van der Waals surface area contributed by atoms with Crippen LogP contribution in [0.4, 0.5) is 0 Å². The number of aromatic nitrogens is 1. The van der Waals surface area contributed by atoms with Crippen LogP contribution in [0.3, 0.4) is 0 Å². The number of methoxy groups -OCH3 is 1. The third kappa shape index (κ3) is 3.60. The quantitative estimate of drug-likeness (QED) is 0.555. The normalized spacial score (nSPS) is 11.1. The van der Waals surface area contributed by atoms with E-state index >= 15 is 0 Å². The highest BCUT2D eigenvalue weighted by Gasteiger charge is 2.08. The summed E-state index contributed by atoms with van der Waals surface area (Å²) in [5, 5.41) is 1.61. The van der Waals surface area contributed by atoms with E-state index < -0.39 is 0 Å². The van der Waals surface area contributed by atoms with Crippen LogP contribution in [-0.2, 0) is 16.0 Å². The largest absolute Gasteiger partial charge is 0.382 e. The van der Waals surface area contributed by atoms with Crippen LogP contribution in [0, 0.1) is 0 Å². The number of halogens is 1. The molecule has 2 aromatic rings. The topological polar surface area (TPSA) is 40.5 Å². The molecule has 1 aromatic heterocycles. The third-order valence-electron chi connectivity index (χ3n) is 3.12. The van der Waals surface area contributed by atoms with Crippen LogP contribution < -0.4 is 0 Å². The Morgan fingerprint density at radius 3 is 2.90 bits per heavy atom. The fourth-order valence-corrected chi connectivity index (χ4v) is 2.32. The van der Waals surface area contributed by atoms with Crippen molar-refractivity contribution in [3.05, 3.63) is 35.0 Å². The molecule has 0 saturated carbocycles. The first-order valence-corrected chi connectivity index (χ1v) is 6.94. The number of hydrogen-bond acceptors (Lipinski definition) is 3. The summed E-state index contributed by atoms with van der Waals surface area (Å²) < 4.78 is 12.4. The van der Waals surface area contributed by atoms with E-state index in [-0.39, 0.29) is 0 Å². The lowest BCUT2D eigenvalue weighted by atomic mass is 10.2. The zero-order valence-electron chi connectivity index (χ0n) is 11.5. The highest BCUT2D eigenvalue weighted by molar-refractivity contribution is 6.31. The van der Waals surface area contributed by atoms with Gasteiger partial charge in [0.05, 0.1) is 18.7 Å². The van der Waals surface area contributed by atoms with Crippen LogP contribution in [0.1, 0.15) is 16.8 Å². The number of nitrogens with zero attached hydrogens (tertiary/aromatic N) is 1. The monoisotopic (exact) mass is 295 g/mol. The first kappa shape index (κ1) is 15.0. The molecule has 0 atom stereocenters. The Morgan fingerprint density at radius 1 is 1.30 bits per heavy atom. The number of benzene rings is 1. The van der Waals surface area contributed by atoms with E-state index in [0.29, 0.717) is 30.4 Å². The Balaban J connectivity index is 2.02. The van der Waals surface area contributed by atoms with Gasteiger partial charge in [-0.05, 0) is 18.6 Å². The molecule has 0 fully saturated rings. The molecule has 0 aliphatic heterocycles. The minimum atomic E-state index is 0.605. The van der Waals surface area contributed by atoms with Crippen molar-refractivity contribution >= 4 is 28.8 Å². The second-order valence-corrected chi connectivity index (χ2v) is 4.95. The molecule has 0 saturated heterocycles. The lowest BCUT2D eigenvalue weighted by Gasteiger charge is -2.06. The predicted octanol–water partition coefficient (Wildman–Crippen LogP) is 3.16. The minimum absolute atomic E-state index is 0.605. The van der Waals surface area contributed by atoms with Crippen molar-refractivity contribution in [1.29, 1.82) is 0 Å². The van der Waals surface area contributed by atoms with Gasteiger partial charge in [-0.1, -0.05) is 17.7 Å². The number of hydrogen-bond donors (Lipinski definition) is 0. The number of carbonyl (C=O) groups is 1. The molecule has 2 rings (SSSR count). The standard InChI is InChI=1S/C15H18ClNO3/c1-19-7-8-20-6-2-5-17-10-12(11-18)14-4-3-13(16)9-15(14)17/h3-4,9-11H,2,5-8H2,1H3. The molecule has 0 amide bonds. The summed E-state index contributed by atoms with van der Waals surface area (Å²) in [4.78, 5) is 11.1. The molecule has 1 heterocycles. The van der Waals surface area contributed by atoms with E-state index in [2.05, 4.69) is 0 Å². The maximum absolute atomic E-state index is 11.1. The molecule has 0 aliphatic carbocycles. The van der Waals surface area contributed by atoms with E-state index in [1.165, 1.54) is 0 Å². The van der Waals surface area contributed by atoms with Gasteiger partial charge in [-0.25, -0.2) is 0 Å². The smallest absolute Gasteiger partial charge is 0.152 e. The lowest BCUT2D eigenvalue weighted by Crippen LogP contribution is -2.05. The van der Waals surface area contributed by atoms with Crippen molar-refractivity contribution in [2.75, 3.05) is 26.9 Å². The Morgan fingerprint density at radius 2 is 2.15 bits per heavy atom. The van der Waals surface area contributed by atoms with Gasteiger partial charge < -0.3 is 14.0 Å². The van der Waals surface area contributed by atoms with Gasteiger partial charge in [-0.3, -0.25) is 4.79 Å². The number of aldehydes is 1. The molecule has 0 N–H and O–H groups in total. The summed E-state index contributed by atoms with van der Waals surface area (Å²) in [7, 11) is 1.65. The summed E-state index contributed by atoms with van der Waals surface area (Å²) in [5.41, 5.74) is 1.67. The van der Waals surface area contributed by atoms with E-state index in [1.54, 1.807) is 13.2 Å². The van der Waals surface area contributed by atoms with Gasteiger partial charge in [0, 0.05) is 42.4 Å². The van der Waals surface area contributed by atoms with Gasteiger partial charge in [0.2, 0.25) is 0 Å². The first-order valence-electron chi connectivity index (χ1n) is 6.56. The van der Waals surface area contributed by atoms with Crippen molar-refractivity contribution in [3.8, 4) is 0 Å². The van der Waals surface area contributed by atoms with E-state index in [9.17, 15) is 4.79 Å². The van der Waals surface area contributed by atoms with Crippen LogP contribution >= 0.6 is 11.6 Å². The predicted molar refractivity (Wildman–Crippen MR) is 79.6 cm³/mol. The van der Waals surface area contributed by atoms with Crippen molar-refractivity contribution in [1.82, 2.24) is 4.57 Å². The lowest BCUT2D eigenvalue weighted by molar-refractivity contribution is 0.0681. The fourth-order valence-electron chi connectivity index (χ4n) is 2.15. The van der Waals surface area contributed by atoms with Crippen molar-refractivity contribution in [2.24, 2.45) is 0 Å². The molecular formula is C15H18ClNO3. The molecule has 0 spiro atoms. The average Bonchev–Trinajstić information content (AvgIpc) is 2.80. The van der Waals surface area contributed by atoms with Gasteiger partial charge in [0.1, 0.15) is 0 Å². The molecule has 1 aromatic carbocycles. The van der Waals surface area contributed by atoms with Gasteiger partial charge in [0.25, 0.3) is 0 Å². The summed E-state index contributed by atoms with van der Waals surface area (Å²) in [5.74, 6) is 0. The van der Waals surface area contributed by atoms with Crippen LogP contribution in [0.2, 0.25) is 5.02 Å². The summed E-state index contributed by atoms with van der Waals surface area (Å²) in [6, 6.07) is 5.57. The molecule has 0 bridgehead atoms. The fraction of sp³-hybridized carbons (Fsp3) is 0.400. The zero-order chi connectivity index (χ0) is 14.4. The van der Waals surface area contributed by atoms with Crippen LogP contribution in [0.15, 0.2) is 24.4 Å². The highest BCUT2D eigenvalue weighted by atomic mass is 35.5. The number of carbonyl (C=O) groups excluding carboxylic acids is 1. The second-order valence-electron chi connectivity index (χ2n) is 4.52. The maximum atomic E-state index is 11.1. The van der Waals surface area contributed by atoms with E-state index in [4.69, 9.17) is 21.1 Å². The minimum Gasteiger partial charge on any atom is -0.382 e. The molecule has 0 radical (unpaired) electrons. The first-order chi connectivity index (χ1) is 9.76. The summed E-state index contributed by atoms with van der Waals surface area (Å²) >= 11 is 6.02. The van der Waals surface area contributed by atoms with Crippen molar-refractivity contribution < 1.29 is 14.3 Å². The molecular weight excluding hydrogens is 278 g/mol. The van der Waals surface area contributed by atoms with Gasteiger partial charge in [-0.15, -0.1) is 0 Å². The average molecular weight is 296 g/mol. The molecule has 5 heteroatoms. The van der Waals surface area contributed by atoms with Crippen LogP contribution in [0.5, 0.6) is 0 Å². The van der Waals surface area contributed by atoms with Gasteiger partial charge in [-0.2, -0.15) is 0 Å². The molecule has 0 unspecified atom stereocenters. The Kier molecular flexibility index (Phi) is 5.59. The van der Waals surface area contributed by atoms with Gasteiger partial charge >= 0.3 is 0 Å². The van der Waals surface area contributed by atoms with Crippen LogP contribution in [-0.4, -0.2) is 37.8 Å². The SMILES string of the molecule is COCCOCCCn1cc(C=O)c2ccc(Cl)cc21. The highest BCUT2D eigenvalue weighted by Crippen LogP contribution is 2.24. The Hall–Kier alpha value is -1.36. The van der Waals surface area contributed by atoms with Crippen LogP contribution in [0.25, 0.3) is 10.9 Å². The second kappa shape index (κ2) is 7.43. The molecule has 20 heavy (non-hydrogen) atoms. The number of fused-ring (bicyclic) bond motifs is 1. The van der Waals surface area contributed by atoms with E-state index in [1.807, 2.05) is 22.9 Å². The van der Waals surface area contributed by atoms with Crippen molar-refractivity contribution in [3.63, 3.8) is 0 Å². The molecule has 108 valence electrons. The number of rotatable bonds is 8. The zero-order valence-corrected chi connectivity index (χ0v) is 12.2. The summed E-state index contributed by atoms with van der Waals surface area (Å²) in [6.45, 7) is 2.67. The summed E-state index contributed by atoms with van der Waals surface area (Å²) in [6.07, 6.45) is 3.61. The number of aryl methyl sites for hydroxylation is 1. The van der Waals surface area contributed by atoms with Gasteiger partial charge in [0.15, 0.2) is 6.29 Å². The van der Waals surface area contributed by atoms with Crippen molar-refractivity contribution in [2.45, 2.75) is 13.0 Å². The molecule has 4 nitrogen and oxygen atoms in total. The Labute approximate surface area is 123 Å². The Bertz CT molecular complexity index is 580. The third-order valence-corrected chi connectivity index (χ3v) is 3.36. The molecule has 0 aliphatic rings.